The minimum Gasteiger partial charge on any atom is -0.463 e. The molecular formula is C21H22N2O4. The number of hydrogen-bond donors (Lipinski definition) is 1. The summed E-state index contributed by atoms with van der Waals surface area (Å²) >= 11 is 0. The lowest BCUT2D eigenvalue weighted by atomic mass is 9.74. The van der Waals surface area contributed by atoms with Crippen LogP contribution in [0.25, 0.3) is 0 Å². The third kappa shape index (κ3) is 2.85. The fourth-order valence-corrected chi connectivity index (χ4v) is 4.27. The van der Waals surface area contributed by atoms with Crippen molar-refractivity contribution in [1.82, 2.24) is 10.2 Å². The van der Waals surface area contributed by atoms with Crippen molar-refractivity contribution in [3.05, 3.63) is 58.4 Å². The lowest BCUT2D eigenvalue weighted by molar-refractivity contribution is -0.139. The molecule has 2 aliphatic heterocycles. The zero-order valence-electron chi connectivity index (χ0n) is 15.3. The number of Topliss-reactive ketones (excluding diaryl/α,β-unsaturated/α-hetero) is 1. The minimum atomic E-state index is -0.567. The zero-order valence-corrected chi connectivity index (χ0v) is 15.3. The Bertz CT molecular complexity index is 869. The summed E-state index contributed by atoms with van der Waals surface area (Å²) in [5.41, 5.74) is 2.97. The van der Waals surface area contributed by atoms with Gasteiger partial charge in [0.1, 0.15) is 5.70 Å². The lowest BCUT2D eigenvalue weighted by Crippen LogP contribution is -2.50. The molecule has 1 fully saturated rings. The molecule has 0 radical (unpaired) electrons. The van der Waals surface area contributed by atoms with Crippen LogP contribution in [0.5, 0.6) is 0 Å². The van der Waals surface area contributed by atoms with E-state index in [0.717, 1.165) is 24.1 Å². The Morgan fingerprint density at radius 3 is 2.74 bits per heavy atom. The SMILES string of the molecule is CCOC(=O)C1=C2C(=O)NCCN2C2=C(C(=O)CCC2)[C@@H]1c1ccccc1. The van der Waals surface area contributed by atoms with Crippen LogP contribution >= 0.6 is 0 Å². The number of ketones is 1. The quantitative estimate of drug-likeness (QED) is 0.829. The molecule has 27 heavy (non-hydrogen) atoms. The average Bonchev–Trinajstić information content (AvgIpc) is 2.68. The van der Waals surface area contributed by atoms with Crippen LogP contribution in [-0.2, 0) is 19.1 Å². The van der Waals surface area contributed by atoms with E-state index in [9.17, 15) is 14.4 Å². The van der Waals surface area contributed by atoms with Gasteiger partial charge in [0.25, 0.3) is 5.91 Å². The number of nitrogens with zero attached hydrogens (tertiary/aromatic N) is 1. The highest BCUT2D eigenvalue weighted by atomic mass is 16.5. The minimum absolute atomic E-state index is 0.0527. The van der Waals surface area contributed by atoms with Crippen LogP contribution in [-0.4, -0.2) is 42.3 Å². The van der Waals surface area contributed by atoms with E-state index in [1.54, 1.807) is 6.92 Å². The van der Waals surface area contributed by atoms with E-state index in [2.05, 4.69) is 5.32 Å². The maximum Gasteiger partial charge on any atom is 0.337 e. The average molecular weight is 366 g/mol. The Balaban J connectivity index is 1.98. The number of rotatable bonds is 3. The molecule has 1 amide bonds. The fourth-order valence-electron chi connectivity index (χ4n) is 4.27. The molecule has 140 valence electrons. The Hall–Kier alpha value is -2.89. The van der Waals surface area contributed by atoms with Gasteiger partial charge >= 0.3 is 5.97 Å². The van der Waals surface area contributed by atoms with E-state index in [-0.39, 0.29) is 23.9 Å². The van der Waals surface area contributed by atoms with Gasteiger partial charge in [0.05, 0.1) is 12.2 Å². The van der Waals surface area contributed by atoms with Crippen LogP contribution < -0.4 is 5.32 Å². The van der Waals surface area contributed by atoms with E-state index in [1.165, 1.54) is 0 Å². The number of piperazine rings is 1. The Morgan fingerprint density at radius 2 is 2.00 bits per heavy atom. The topological polar surface area (TPSA) is 75.7 Å². The van der Waals surface area contributed by atoms with Crippen LogP contribution in [0.15, 0.2) is 52.9 Å². The number of fused-ring (bicyclic) bond motifs is 2. The monoisotopic (exact) mass is 366 g/mol. The second-order valence-electron chi connectivity index (χ2n) is 6.87. The molecule has 6 heteroatoms. The maximum atomic E-state index is 12.9. The van der Waals surface area contributed by atoms with Crippen LogP contribution in [0.3, 0.4) is 0 Å². The van der Waals surface area contributed by atoms with Gasteiger partial charge in [0.2, 0.25) is 0 Å². The number of amides is 1. The summed E-state index contributed by atoms with van der Waals surface area (Å²) in [6.45, 7) is 2.98. The summed E-state index contributed by atoms with van der Waals surface area (Å²) in [5, 5.41) is 2.83. The molecule has 0 bridgehead atoms. The van der Waals surface area contributed by atoms with Gasteiger partial charge in [-0.2, -0.15) is 0 Å². The smallest absolute Gasteiger partial charge is 0.337 e. The van der Waals surface area contributed by atoms with Crippen LogP contribution in [0.4, 0.5) is 0 Å². The van der Waals surface area contributed by atoms with Gasteiger partial charge in [0, 0.05) is 36.7 Å². The van der Waals surface area contributed by atoms with Gasteiger partial charge < -0.3 is 15.0 Å². The second kappa shape index (κ2) is 7.02. The number of hydrogen-bond acceptors (Lipinski definition) is 5. The molecule has 1 atom stereocenters. The summed E-state index contributed by atoms with van der Waals surface area (Å²) in [7, 11) is 0. The van der Waals surface area contributed by atoms with Gasteiger partial charge in [-0.05, 0) is 25.3 Å². The number of ether oxygens (including phenoxy) is 1. The highest BCUT2D eigenvalue weighted by Gasteiger charge is 2.45. The fraction of sp³-hybridized carbons (Fsp3) is 0.381. The number of esters is 1. The molecule has 2 heterocycles. The second-order valence-corrected chi connectivity index (χ2v) is 6.87. The molecule has 1 N–H and O–H groups in total. The molecule has 0 aromatic heterocycles. The number of benzene rings is 1. The number of carbonyl (C=O) groups is 3. The first-order valence-electron chi connectivity index (χ1n) is 9.41. The van der Waals surface area contributed by atoms with E-state index in [4.69, 9.17) is 4.74 Å². The van der Waals surface area contributed by atoms with Crippen molar-refractivity contribution in [2.45, 2.75) is 32.1 Å². The van der Waals surface area contributed by atoms with Crippen LogP contribution in [0.2, 0.25) is 0 Å². The van der Waals surface area contributed by atoms with Crippen LogP contribution in [0.1, 0.15) is 37.7 Å². The standard InChI is InChI=1S/C21H22N2O4/c1-2-27-21(26)18-16(13-7-4-3-5-8-13)17-14(9-6-10-15(17)24)23-12-11-22-20(25)19(18)23/h3-5,7-8,16H,2,6,9-12H2,1H3,(H,22,25)/t16-/m0/s1. The highest BCUT2D eigenvalue weighted by Crippen LogP contribution is 2.46. The molecule has 0 saturated carbocycles. The van der Waals surface area contributed by atoms with Gasteiger partial charge in [0.15, 0.2) is 5.78 Å². The van der Waals surface area contributed by atoms with E-state index in [0.29, 0.717) is 30.8 Å². The van der Waals surface area contributed by atoms with E-state index < -0.39 is 11.9 Å². The summed E-state index contributed by atoms with van der Waals surface area (Å²) in [5.74, 6) is -1.33. The van der Waals surface area contributed by atoms with Crippen molar-refractivity contribution < 1.29 is 19.1 Å². The molecule has 4 rings (SSSR count). The molecule has 1 aromatic carbocycles. The Kier molecular flexibility index (Phi) is 4.56. The normalized spacial score (nSPS) is 22.3. The molecule has 0 spiro atoms. The van der Waals surface area contributed by atoms with Gasteiger partial charge in [-0.3, -0.25) is 9.59 Å². The molecule has 0 unspecified atom stereocenters. The molecule has 1 saturated heterocycles. The molecule has 1 aliphatic carbocycles. The third-order valence-electron chi connectivity index (χ3n) is 5.32. The van der Waals surface area contributed by atoms with Crippen molar-refractivity contribution in [1.29, 1.82) is 0 Å². The largest absolute Gasteiger partial charge is 0.463 e. The first kappa shape index (κ1) is 17.5. The van der Waals surface area contributed by atoms with Gasteiger partial charge in [-0.15, -0.1) is 0 Å². The van der Waals surface area contributed by atoms with Crippen molar-refractivity contribution in [2.75, 3.05) is 19.7 Å². The molecule has 3 aliphatic rings. The first-order valence-corrected chi connectivity index (χ1v) is 9.41. The summed E-state index contributed by atoms with van der Waals surface area (Å²) < 4.78 is 5.31. The molecular weight excluding hydrogens is 344 g/mol. The first-order chi connectivity index (χ1) is 13.1. The van der Waals surface area contributed by atoms with Gasteiger partial charge in [-0.25, -0.2) is 4.79 Å². The lowest BCUT2D eigenvalue weighted by Gasteiger charge is -2.43. The predicted octanol–water partition coefficient (Wildman–Crippen LogP) is 2.04. The van der Waals surface area contributed by atoms with Crippen molar-refractivity contribution in [2.24, 2.45) is 0 Å². The van der Waals surface area contributed by atoms with Crippen molar-refractivity contribution in [3.63, 3.8) is 0 Å². The maximum absolute atomic E-state index is 12.9. The number of allylic oxidation sites excluding steroid dienone is 2. The number of nitrogens with one attached hydrogen (secondary N) is 1. The molecule has 6 nitrogen and oxygen atoms in total. The van der Waals surface area contributed by atoms with Crippen molar-refractivity contribution in [3.8, 4) is 0 Å². The molecule has 1 aromatic rings. The summed E-state index contributed by atoms with van der Waals surface area (Å²) in [4.78, 5) is 40.5. The Labute approximate surface area is 157 Å². The highest BCUT2D eigenvalue weighted by molar-refractivity contribution is 6.09. The van der Waals surface area contributed by atoms with Crippen molar-refractivity contribution >= 4 is 17.7 Å². The van der Waals surface area contributed by atoms with Gasteiger partial charge in [-0.1, -0.05) is 30.3 Å². The third-order valence-corrected chi connectivity index (χ3v) is 5.32. The Morgan fingerprint density at radius 1 is 1.22 bits per heavy atom. The summed E-state index contributed by atoms with van der Waals surface area (Å²) in [6, 6.07) is 9.44. The van der Waals surface area contributed by atoms with Crippen LogP contribution in [0, 0.1) is 0 Å². The zero-order chi connectivity index (χ0) is 19.0. The number of carbonyl (C=O) groups excluding carboxylic acids is 3. The van der Waals surface area contributed by atoms with E-state index >= 15 is 0 Å². The predicted molar refractivity (Wildman–Crippen MR) is 98.4 cm³/mol. The summed E-state index contributed by atoms with van der Waals surface area (Å²) in [6.07, 6.45) is 1.96. The van der Waals surface area contributed by atoms with E-state index in [1.807, 2.05) is 35.2 Å².